The van der Waals surface area contributed by atoms with Gasteiger partial charge in [-0.2, -0.15) is 0 Å². The second-order valence-corrected chi connectivity index (χ2v) is 12.1. The van der Waals surface area contributed by atoms with Crippen LogP contribution >= 0.6 is 0 Å². The highest BCUT2D eigenvalue weighted by Crippen LogP contribution is 2.66. The molecule has 0 radical (unpaired) electrons. The van der Waals surface area contributed by atoms with Gasteiger partial charge in [0.15, 0.2) is 5.79 Å². The number of ether oxygens (including phenoxy) is 2. The Labute approximate surface area is 189 Å². The molecule has 3 unspecified atom stereocenters. The average Bonchev–Trinajstić information content (AvgIpc) is 3.09. The highest BCUT2D eigenvalue weighted by molar-refractivity contribution is 5.10. The first-order valence-corrected chi connectivity index (χ1v) is 13.6. The first-order valence-electron chi connectivity index (χ1n) is 13.6. The van der Waals surface area contributed by atoms with Gasteiger partial charge in [0.1, 0.15) is 0 Å². The van der Waals surface area contributed by atoms with Crippen molar-refractivity contribution in [2.24, 2.45) is 34.5 Å². The van der Waals surface area contributed by atoms with Gasteiger partial charge >= 0.3 is 0 Å². The van der Waals surface area contributed by atoms with Crippen molar-refractivity contribution in [1.29, 1.82) is 0 Å². The van der Waals surface area contributed by atoms with Crippen molar-refractivity contribution in [3.8, 4) is 0 Å². The Morgan fingerprint density at radius 1 is 0.871 bits per heavy atom. The molecular formula is C27H46O4. The van der Waals surface area contributed by atoms with Crippen LogP contribution in [0.5, 0.6) is 0 Å². The zero-order chi connectivity index (χ0) is 21.7. The fourth-order valence-electron chi connectivity index (χ4n) is 9.35. The van der Waals surface area contributed by atoms with Gasteiger partial charge in [-0.05, 0) is 112 Å². The molecule has 0 aromatic rings. The molecule has 0 saturated heterocycles. The van der Waals surface area contributed by atoms with Crippen LogP contribution in [0.2, 0.25) is 0 Å². The maximum atomic E-state index is 10.8. The standard InChI is InChI=1S/C27H46O4/c1-3-30-27(13-5-4-6-14-27)31-20-11-16-26(18-28)19(17-20)7-8-21-22-9-10-24(29)25(22,2)15-12-23(21)26/h19-24,28-29H,3-18H2,1-2H3/t19?,20?,21-,22-,23+,24?,25-,26+/m0/s1. The molecule has 0 spiro atoms. The first-order chi connectivity index (χ1) is 15.0. The summed E-state index contributed by atoms with van der Waals surface area (Å²) in [5.41, 5.74) is 0.207. The zero-order valence-corrected chi connectivity index (χ0v) is 20.0. The first kappa shape index (κ1) is 22.6. The number of aliphatic hydroxyl groups is 2. The van der Waals surface area contributed by atoms with Crippen LogP contribution in [0.1, 0.15) is 104 Å². The monoisotopic (exact) mass is 434 g/mol. The third-order valence-corrected chi connectivity index (χ3v) is 11.0. The summed E-state index contributed by atoms with van der Waals surface area (Å²) in [6.07, 6.45) is 16.3. The van der Waals surface area contributed by atoms with E-state index in [1.165, 1.54) is 44.9 Å². The average molecular weight is 435 g/mol. The molecule has 0 heterocycles. The van der Waals surface area contributed by atoms with Gasteiger partial charge in [0.05, 0.1) is 12.2 Å². The van der Waals surface area contributed by atoms with E-state index >= 15 is 0 Å². The topological polar surface area (TPSA) is 58.9 Å². The minimum Gasteiger partial charge on any atom is -0.396 e. The van der Waals surface area contributed by atoms with Crippen molar-refractivity contribution in [3.05, 3.63) is 0 Å². The molecular weight excluding hydrogens is 388 g/mol. The van der Waals surface area contributed by atoms with Crippen LogP contribution in [0.3, 0.4) is 0 Å². The molecule has 8 atom stereocenters. The van der Waals surface area contributed by atoms with E-state index in [1.807, 2.05) is 0 Å². The lowest BCUT2D eigenvalue weighted by Gasteiger charge is -2.61. The van der Waals surface area contributed by atoms with Crippen LogP contribution in [0.4, 0.5) is 0 Å². The summed E-state index contributed by atoms with van der Waals surface area (Å²) in [6.45, 7) is 5.52. The maximum Gasteiger partial charge on any atom is 0.168 e. The fourth-order valence-corrected chi connectivity index (χ4v) is 9.35. The van der Waals surface area contributed by atoms with Gasteiger partial charge in [0, 0.05) is 26.1 Å². The molecule has 0 amide bonds. The van der Waals surface area contributed by atoms with E-state index in [1.54, 1.807) is 0 Å². The molecule has 31 heavy (non-hydrogen) atoms. The van der Waals surface area contributed by atoms with Crippen LogP contribution in [-0.4, -0.2) is 41.4 Å². The Morgan fingerprint density at radius 2 is 1.68 bits per heavy atom. The second-order valence-electron chi connectivity index (χ2n) is 12.1. The van der Waals surface area contributed by atoms with E-state index in [0.717, 1.165) is 51.6 Å². The summed E-state index contributed by atoms with van der Waals surface area (Å²) in [5.74, 6) is 2.22. The molecule has 0 bridgehead atoms. The van der Waals surface area contributed by atoms with E-state index in [9.17, 15) is 10.2 Å². The van der Waals surface area contributed by atoms with Gasteiger partial charge in [0.2, 0.25) is 0 Å². The molecule has 2 N–H and O–H groups in total. The number of rotatable bonds is 5. The van der Waals surface area contributed by atoms with Gasteiger partial charge in [0.25, 0.3) is 0 Å². The van der Waals surface area contributed by atoms with E-state index in [0.29, 0.717) is 30.3 Å². The summed E-state index contributed by atoms with van der Waals surface area (Å²) < 4.78 is 13.0. The van der Waals surface area contributed by atoms with Crippen LogP contribution in [0.25, 0.3) is 0 Å². The quantitative estimate of drug-likeness (QED) is 0.565. The molecule has 178 valence electrons. The Balaban J connectivity index is 1.31. The zero-order valence-electron chi connectivity index (χ0n) is 20.0. The highest BCUT2D eigenvalue weighted by Gasteiger charge is 2.61. The minimum absolute atomic E-state index is 0.0863. The number of hydrogen-bond acceptors (Lipinski definition) is 4. The van der Waals surface area contributed by atoms with Gasteiger partial charge in [-0.15, -0.1) is 0 Å². The SMILES string of the molecule is CCOC1(OC2CC[C@@]3(CO)C(CC[C@@H]4[C@H]3CC[C@]3(C)C(O)CC[C@@H]43)C2)CCCCC1. The molecule has 5 rings (SSSR count). The molecule has 5 saturated carbocycles. The van der Waals surface area contributed by atoms with E-state index in [-0.39, 0.29) is 28.8 Å². The third-order valence-electron chi connectivity index (χ3n) is 11.0. The predicted octanol–water partition coefficient (Wildman–Crippen LogP) is 5.44. The molecule has 5 fully saturated rings. The molecule has 4 nitrogen and oxygen atoms in total. The van der Waals surface area contributed by atoms with Gasteiger partial charge in [-0.25, -0.2) is 0 Å². The molecule has 5 aliphatic carbocycles. The number of aliphatic hydroxyl groups excluding tert-OH is 2. The summed E-state index contributed by atoms with van der Waals surface area (Å²) >= 11 is 0. The smallest absolute Gasteiger partial charge is 0.168 e. The largest absolute Gasteiger partial charge is 0.396 e. The van der Waals surface area contributed by atoms with Crippen LogP contribution in [0.15, 0.2) is 0 Å². The lowest BCUT2D eigenvalue weighted by molar-refractivity contribution is -0.285. The van der Waals surface area contributed by atoms with Crippen LogP contribution in [-0.2, 0) is 9.47 Å². The van der Waals surface area contributed by atoms with Crippen molar-refractivity contribution in [3.63, 3.8) is 0 Å². The normalized spacial score (nSPS) is 49.2. The Hall–Kier alpha value is -0.160. The van der Waals surface area contributed by atoms with Crippen LogP contribution in [0, 0.1) is 34.5 Å². The Bertz CT molecular complexity index is 625. The van der Waals surface area contributed by atoms with Crippen LogP contribution < -0.4 is 0 Å². The fraction of sp³-hybridized carbons (Fsp3) is 1.00. The van der Waals surface area contributed by atoms with E-state index in [2.05, 4.69) is 13.8 Å². The molecule has 0 aliphatic heterocycles. The van der Waals surface area contributed by atoms with E-state index < -0.39 is 0 Å². The van der Waals surface area contributed by atoms with Crippen molar-refractivity contribution in [2.75, 3.05) is 13.2 Å². The van der Waals surface area contributed by atoms with Crippen molar-refractivity contribution in [1.82, 2.24) is 0 Å². The summed E-state index contributed by atoms with van der Waals surface area (Å²) in [5, 5.41) is 21.5. The minimum atomic E-state index is -0.347. The summed E-state index contributed by atoms with van der Waals surface area (Å²) in [6, 6.07) is 0. The molecule has 0 aromatic heterocycles. The highest BCUT2D eigenvalue weighted by atomic mass is 16.7. The second kappa shape index (κ2) is 8.56. The molecule has 5 aliphatic rings. The lowest BCUT2D eigenvalue weighted by atomic mass is 9.44. The molecule has 0 aromatic carbocycles. The predicted molar refractivity (Wildman–Crippen MR) is 121 cm³/mol. The number of fused-ring (bicyclic) bond motifs is 5. The van der Waals surface area contributed by atoms with Gasteiger partial charge in [-0.1, -0.05) is 13.3 Å². The van der Waals surface area contributed by atoms with Crippen molar-refractivity contribution in [2.45, 2.75) is 122 Å². The van der Waals surface area contributed by atoms with Crippen molar-refractivity contribution < 1.29 is 19.7 Å². The Kier molecular flexibility index (Phi) is 6.25. The number of hydrogen-bond donors (Lipinski definition) is 2. The van der Waals surface area contributed by atoms with Crippen molar-refractivity contribution >= 4 is 0 Å². The van der Waals surface area contributed by atoms with E-state index in [4.69, 9.17) is 9.47 Å². The van der Waals surface area contributed by atoms with Gasteiger partial charge < -0.3 is 19.7 Å². The maximum absolute atomic E-state index is 10.8. The summed E-state index contributed by atoms with van der Waals surface area (Å²) in [7, 11) is 0. The van der Waals surface area contributed by atoms with Gasteiger partial charge in [-0.3, -0.25) is 0 Å². The third kappa shape index (κ3) is 3.63. The molecule has 4 heteroatoms. The Morgan fingerprint density at radius 3 is 2.42 bits per heavy atom. The lowest BCUT2D eigenvalue weighted by Crippen LogP contribution is -2.57. The summed E-state index contributed by atoms with van der Waals surface area (Å²) in [4.78, 5) is 0.